The average Bonchev–Trinajstić information content (AvgIpc) is 3.37. The quantitative estimate of drug-likeness (QED) is 0.854. The van der Waals surface area contributed by atoms with Gasteiger partial charge in [-0.1, -0.05) is 18.2 Å². The summed E-state index contributed by atoms with van der Waals surface area (Å²) in [5.74, 6) is 3.01. The van der Waals surface area contributed by atoms with E-state index in [2.05, 4.69) is 20.6 Å². The zero-order valence-electron chi connectivity index (χ0n) is 12.4. The lowest BCUT2D eigenvalue weighted by molar-refractivity contribution is 0.410. The van der Waals surface area contributed by atoms with E-state index in [0.717, 1.165) is 22.8 Å². The third-order valence-electron chi connectivity index (χ3n) is 3.62. The highest BCUT2D eigenvalue weighted by atomic mass is 16.5. The molecule has 0 aliphatic heterocycles. The van der Waals surface area contributed by atoms with Gasteiger partial charge in [0.15, 0.2) is 0 Å². The largest absolute Gasteiger partial charge is 0.496 e. The number of ether oxygens (including phenoxy) is 1. The summed E-state index contributed by atoms with van der Waals surface area (Å²) in [4.78, 5) is 8.97. The number of hydrogen-bond acceptors (Lipinski definition) is 5. The van der Waals surface area contributed by atoms with Crippen molar-refractivity contribution in [2.75, 3.05) is 24.8 Å². The number of para-hydroxylation sites is 1. The molecule has 2 N–H and O–H groups in total. The summed E-state index contributed by atoms with van der Waals surface area (Å²) >= 11 is 0. The Bertz CT molecular complexity index is 625. The van der Waals surface area contributed by atoms with Crippen LogP contribution in [0.5, 0.6) is 5.75 Å². The number of anilines is 2. The first kappa shape index (κ1) is 13.7. The van der Waals surface area contributed by atoms with Gasteiger partial charge >= 0.3 is 0 Å². The van der Waals surface area contributed by atoms with E-state index in [4.69, 9.17) is 4.74 Å². The average molecular weight is 284 g/mol. The van der Waals surface area contributed by atoms with Crippen molar-refractivity contribution in [1.82, 2.24) is 9.97 Å². The number of methoxy groups -OCH3 is 1. The molecular weight excluding hydrogens is 264 g/mol. The molecule has 21 heavy (non-hydrogen) atoms. The highest BCUT2D eigenvalue weighted by Gasteiger charge is 2.26. The Morgan fingerprint density at radius 1 is 1.24 bits per heavy atom. The van der Waals surface area contributed by atoms with Crippen molar-refractivity contribution in [1.29, 1.82) is 0 Å². The van der Waals surface area contributed by atoms with Crippen LogP contribution in [0.3, 0.4) is 0 Å². The van der Waals surface area contributed by atoms with Gasteiger partial charge in [-0.05, 0) is 18.9 Å². The fourth-order valence-electron chi connectivity index (χ4n) is 2.29. The van der Waals surface area contributed by atoms with Crippen LogP contribution in [0.1, 0.15) is 30.0 Å². The van der Waals surface area contributed by atoms with Crippen molar-refractivity contribution >= 4 is 11.8 Å². The molecule has 1 heterocycles. The Labute approximate surface area is 124 Å². The van der Waals surface area contributed by atoms with Crippen molar-refractivity contribution in [2.45, 2.75) is 25.3 Å². The van der Waals surface area contributed by atoms with E-state index >= 15 is 0 Å². The number of hydrogen-bond donors (Lipinski definition) is 2. The summed E-state index contributed by atoms with van der Waals surface area (Å²) < 4.78 is 5.37. The normalized spacial score (nSPS) is 13.8. The standard InChI is InChI=1S/C16H20N4O/c1-17-16-19-13(11-7-8-11)9-15(20-16)18-10-12-5-3-4-6-14(12)21-2/h3-6,9,11H,7-8,10H2,1-2H3,(H2,17,18,19,20). The second-order valence-electron chi connectivity index (χ2n) is 5.19. The summed E-state index contributed by atoms with van der Waals surface area (Å²) in [5, 5.41) is 6.39. The maximum absolute atomic E-state index is 5.37. The molecule has 0 unspecified atom stereocenters. The molecule has 2 aromatic rings. The van der Waals surface area contributed by atoms with Crippen molar-refractivity contribution in [3.8, 4) is 5.75 Å². The van der Waals surface area contributed by atoms with Crippen LogP contribution in [-0.2, 0) is 6.54 Å². The number of nitrogens with one attached hydrogen (secondary N) is 2. The van der Waals surface area contributed by atoms with Crippen LogP contribution < -0.4 is 15.4 Å². The summed E-state index contributed by atoms with van der Waals surface area (Å²) in [5.41, 5.74) is 2.23. The number of rotatable bonds is 6. The maximum Gasteiger partial charge on any atom is 0.224 e. The molecule has 0 radical (unpaired) electrons. The molecule has 0 spiro atoms. The van der Waals surface area contributed by atoms with Gasteiger partial charge in [0, 0.05) is 31.1 Å². The molecule has 0 amide bonds. The highest BCUT2D eigenvalue weighted by molar-refractivity contribution is 5.45. The van der Waals surface area contributed by atoms with E-state index in [9.17, 15) is 0 Å². The van der Waals surface area contributed by atoms with Crippen LogP contribution in [0.4, 0.5) is 11.8 Å². The van der Waals surface area contributed by atoms with Gasteiger partial charge in [0.1, 0.15) is 11.6 Å². The second kappa shape index (κ2) is 5.99. The third-order valence-corrected chi connectivity index (χ3v) is 3.62. The van der Waals surface area contributed by atoms with Gasteiger partial charge in [-0.3, -0.25) is 0 Å². The molecule has 1 aliphatic rings. The van der Waals surface area contributed by atoms with Crippen LogP contribution in [0, 0.1) is 0 Å². The Hall–Kier alpha value is -2.30. The fourth-order valence-corrected chi connectivity index (χ4v) is 2.29. The predicted octanol–water partition coefficient (Wildman–Crippen LogP) is 3.02. The van der Waals surface area contributed by atoms with Gasteiger partial charge in [-0.15, -0.1) is 0 Å². The Balaban J connectivity index is 1.76. The summed E-state index contributed by atoms with van der Waals surface area (Å²) in [6, 6.07) is 10.0. The van der Waals surface area contributed by atoms with E-state index in [1.54, 1.807) is 7.11 Å². The van der Waals surface area contributed by atoms with Crippen LogP contribution in [0.15, 0.2) is 30.3 Å². The molecular formula is C16H20N4O. The third kappa shape index (κ3) is 3.24. The molecule has 0 saturated heterocycles. The lowest BCUT2D eigenvalue weighted by Gasteiger charge is -2.11. The lowest BCUT2D eigenvalue weighted by Crippen LogP contribution is -2.07. The zero-order chi connectivity index (χ0) is 14.7. The number of aromatic nitrogens is 2. The first-order valence-electron chi connectivity index (χ1n) is 7.22. The monoisotopic (exact) mass is 284 g/mol. The first-order chi connectivity index (χ1) is 10.3. The van der Waals surface area contributed by atoms with Gasteiger partial charge in [0.2, 0.25) is 5.95 Å². The minimum absolute atomic E-state index is 0.604. The van der Waals surface area contributed by atoms with E-state index in [1.165, 1.54) is 12.8 Å². The molecule has 5 nitrogen and oxygen atoms in total. The Morgan fingerprint density at radius 3 is 2.76 bits per heavy atom. The minimum atomic E-state index is 0.604. The molecule has 3 rings (SSSR count). The molecule has 110 valence electrons. The van der Waals surface area contributed by atoms with Crippen LogP contribution in [-0.4, -0.2) is 24.1 Å². The van der Waals surface area contributed by atoms with Crippen molar-refractivity contribution in [3.05, 3.63) is 41.6 Å². The van der Waals surface area contributed by atoms with Gasteiger partial charge in [0.25, 0.3) is 0 Å². The predicted molar refractivity (Wildman–Crippen MR) is 83.9 cm³/mol. The van der Waals surface area contributed by atoms with Crippen molar-refractivity contribution < 1.29 is 4.74 Å². The highest BCUT2D eigenvalue weighted by Crippen LogP contribution is 2.39. The Kier molecular flexibility index (Phi) is 3.90. The van der Waals surface area contributed by atoms with Gasteiger partial charge in [0.05, 0.1) is 12.8 Å². The molecule has 1 aromatic carbocycles. The summed E-state index contributed by atoms with van der Waals surface area (Å²) in [6.07, 6.45) is 2.46. The molecule has 5 heteroatoms. The minimum Gasteiger partial charge on any atom is -0.496 e. The molecule has 1 fully saturated rings. The van der Waals surface area contributed by atoms with Crippen molar-refractivity contribution in [2.24, 2.45) is 0 Å². The van der Waals surface area contributed by atoms with Gasteiger partial charge in [-0.2, -0.15) is 4.98 Å². The van der Waals surface area contributed by atoms with Crippen molar-refractivity contribution in [3.63, 3.8) is 0 Å². The summed E-state index contributed by atoms with van der Waals surface area (Å²) in [6.45, 7) is 0.675. The number of nitrogens with zero attached hydrogens (tertiary/aromatic N) is 2. The molecule has 0 bridgehead atoms. The van der Waals surface area contributed by atoms with E-state index < -0.39 is 0 Å². The molecule has 1 saturated carbocycles. The Morgan fingerprint density at radius 2 is 2.05 bits per heavy atom. The van der Waals surface area contributed by atoms with Crippen LogP contribution in [0.2, 0.25) is 0 Å². The SMILES string of the molecule is CNc1nc(NCc2ccccc2OC)cc(C2CC2)n1. The maximum atomic E-state index is 5.37. The van der Waals surface area contributed by atoms with Gasteiger partial charge in [-0.25, -0.2) is 4.98 Å². The molecule has 1 aromatic heterocycles. The topological polar surface area (TPSA) is 59.1 Å². The van der Waals surface area contributed by atoms with E-state index in [-0.39, 0.29) is 0 Å². The zero-order valence-corrected chi connectivity index (χ0v) is 12.4. The molecule has 0 atom stereocenters. The van der Waals surface area contributed by atoms with Gasteiger partial charge < -0.3 is 15.4 Å². The first-order valence-corrected chi connectivity index (χ1v) is 7.22. The fraction of sp³-hybridized carbons (Fsp3) is 0.375. The number of benzene rings is 1. The summed E-state index contributed by atoms with van der Waals surface area (Å²) in [7, 11) is 3.53. The van der Waals surface area contributed by atoms with Crippen LogP contribution >= 0.6 is 0 Å². The van der Waals surface area contributed by atoms with E-state index in [1.807, 2.05) is 37.4 Å². The second-order valence-corrected chi connectivity index (χ2v) is 5.19. The van der Waals surface area contributed by atoms with Crippen LogP contribution in [0.25, 0.3) is 0 Å². The molecule has 1 aliphatic carbocycles. The lowest BCUT2D eigenvalue weighted by atomic mass is 10.2. The van der Waals surface area contributed by atoms with E-state index in [0.29, 0.717) is 18.4 Å². The smallest absolute Gasteiger partial charge is 0.224 e.